The van der Waals surface area contributed by atoms with Gasteiger partial charge in [-0.1, -0.05) is 5.21 Å². The summed E-state index contributed by atoms with van der Waals surface area (Å²) in [7, 11) is 0. The van der Waals surface area contributed by atoms with E-state index in [0.29, 0.717) is 32.5 Å². The van der Waals surface area contributed by atoms with E-state index in [4.69, 9.17) is 5.11 Å². The van der Waals surface area contributed by atoms with E-state index in [0.717, 1.165) is 0 Å². The quantitative estimate of drug-likeness (QED) is 0.819. The maximum absolute atomic E-state index is 12.0. The van der Waals surface area contributed by atoms with Crippen LogP contribution in [0.15, 0.2) is 12.4 Å². The molecule has 1 aromatic heterocycles. The van der Waals surface area contributed by atoms with Crippen LogP contribution in [0.1, 0.15) is 19.8 Å². The Morgan fingerprint density at radius 3 is 2.90 bits per heavy atom. The number of carboxylic acid groups (broad SMARTS) is 1. The fourth-order valence-electron chi connectivity index (χ4n) is 2.43. The minimum absolute atomic E-state index is 0.0591. The van der Waals surface area contributed by atoms with Gasteiger partial charge in [0.15, 0.2) is 0 Å². The minimum atomic E-state index is -0.775. The van der Waals surface area contributed by atoms with Gasteiger partial charge in [-0.2, -0.15) is 0 Å². The highest BCUT2D eigenvalue weighted by Gasteiger charge is 2.31. The predicted octanol–water partition coefficient (Wildman–Crippen LogP) is 0.173. The molecule has 0 bridgehead atoms. The predicted molar refractivity (Wildman–Crippen MR) is 69.9 cm³/mol. The van der Waals surface area contributed by atoms with Crippen molar-refractivity contribution < 1.29 is 14.7 Å². The molecule has 0 aromatic carbocycles. The van der Waals surface area contributed by atoms with Crippen LogP contribution in [0.4, 0.5) is 4.79 Å². The van der Waals surface area contributed by atoms with E-state index in [9.17, 15) is 9.59 Å². The summed E-state index contributed by atoms with van der Waals surface area (Å²) in [6.45, 7) is 3.39. The van der Waals surface area contributed by atoms with Crippen molar-refractivity contribution in [3.05, 3.63) is 12.4 Å². The van der Waals surface area contributed by atoms with Crippen LogP contribution in [-0.4, -0.2) is 56.1 Å². The van der Waals surface area contributed by atoms with E-state index < -0.39 is 5.97 Å². The van der Waals surface area contributed by atoms with Crippen LogP contribution in [0.3, 0.4) is 0 Å². The van der Waals surface area contributed by atoms with Gasteiger partial charge in [-0.3, -0.25) is 9.48 Å². The first-order valence-corrected chi connectivity index (χ1v) is 6.69. The number of carboxylic acids is 1. The number of piperidine rings is 1. The third-order valence-electron chi connectivity index (χ3n) is 3.58. The molecular formula is C12H19N5O3. The maximum Gasteiger partial charge on any atom is 0.317 e. The number of rotatable bonds is 4. The molecule has 0 spiro atoms. The fraction of sp³-hybridized carbons (Fsp3) is 0.667. The summed E-state index contributed by atoms with van der Waals surface area (Å²) in [6.07, 6.45) is 4.33. The average molecular weight is 281 g/mol. The van der Waals surface area contributed by atoms with Crippen molar-refractivity contribution >= 4 is 12.0 Å². The first-order valence-electron chi connectivity index (χ1n) is 6.69. The molecule has 20 heavy (non-hydrogen) atoms. The molecule has 2 heterocycles. The van der Waals surface area contributed by atoms with Gasteiger partial charge in [-0.05, 0) is 19.8 Å². The Balaban J connectivity index is 1.76. The first kappa shape index (κ1) is 14.3. The van der Waals surface area contributed by atoms with E-state index in [1.165, 1.54) is 0 Å². The maximum atomic E-state index is 12.0. The van der Waals surface area contributed by atoms with Crippen molar-refractivity contribution in [1.29, 1.82) is 0 Å². The Morgan fingerprint density at radius 1 is 1.50 bits per heavy atom. The second-order valence-corrected chi connectivity index (χ2v) is 5.00. The summed E-state index contributed by atoms with van der Waals surface area (Å²) >= 11 is 0. The van der Waals surface area contributed by atoms with Crippen LogP contribution >= 0.6 is 0 Å². The molecule has 2 N–H and O–H groups in total. The Morgan fingerprint density at radius 2 is 2.30 bits per heavy atom. The molecule has 0 radical (unpaired) electrons. The van der Waals surface area contributed by atoms with Crippen LogP contribution in [0.5, 0.6) is 0 Å². The molecule has 1 aliphatic heterocycles. The van der Waals surface area contributed by atoms with E-state index >= 15 is 0 Å². The topological polar surface area (TPSA) is 100 Å². The van der Waals surface area contributed by atoms with Crippen molar-refractivity contribution in [2.45, 2.75) is 32.4 Å². The van der Waals surface area contributed by atoms with E-state index in [1.807, 2.05) is 6.92 Å². The number of nitrogens with zero attached hydrogens (tertiary/aromatic N) is 4. The van der Waals surface area contributed by atoms with Crippen LogP contribution in [0.25, 0.3) is 0 Å². The molecule has 1 aromatic rings. The first-order chi connectivity index (χ1) is 9.58. The second-order valence-electron chi connectivity index (χ2n) is 5.00. The Hall–Kier alpha value is -2.12. The normalized spacial score (nSPS) is 22.6. The molecule has 8 heteroatoms. The van der Waals surface area contributed by atoms with Crippen molar-refractivity contribution in [2.75, 3.05) is 13.1 Å². The molecule has 1 fully saturated rings. The van der Waals surface area contributed by atoms with E-state index in [-0.39, 0.29) is 18.0 Å². The van der Waals surface area contributed by atoms with Crippen molar-refractivity contribution in [3.8, 4) is 0 Å². The zero-order chi connectivity index (χ0) is 14.5. The van der Waals surface area contributed by atoms with Gasteiger partial charge in [0.2, 0.25) is 0 Å². The number of amides is 2. The Labute approximate surface area is 116 Å². The Bertz CT molecular complexity index is 462. The summed E-state index contributed by atoms with van der Waals surface area (Å²) < 4.78 is 1.64. The number of hydrogen-bond donors (Lipinski definition) is 2. The molecule has 110 valence electrons. The van der Waals surface area contributed by atoms with Gasteiger partial charge in [0.1, 0.15) is 0 Å². The van der Waals surface area contributed by atoms with Crippen molar-refractivity contribution in [3.63, 3.8) is 0 Å². The summed E-state index contributed by atoms with van der Waals surface area (Å²) in [6, 6.07) is -0.210. The molecule has 2 amide bonds. The third kappa shape index (κ3) is 3.46. The lowest BCUT2D eigenvalue weighted by molar-refractivity contribution is -0.143. The molecule has 0 saturated carbocycles. The number of aromatic nitrogens is 3. The number of carbonyl (C=O) groups excluding carboxylic acids is 1. The second kappa shape index (κ2) is 6.36. The number of likely N-dealkylation sites (tertiary alicyclic amines) is 1. The van der Waals surface area contributed by atoms with E-state index in [1.54, 1.807) is 22.0 Å². The highest BCUT2D eigenvalue weighted by molar-refractivity contribution is 5.75. The van der Waals surface area contributed by atoms with Crippen LogP contribution in [-0.2, 0) is 11.3 Å². The standard InChI is InChI=1S/C12H19N5O3/c1-9-8-10(11(18)19)2-5-17(9)12(20)13-3-6-16-7-4-14-15-16/h4,7,9-10H,2-3,5-6,8H2,1H3,(H,13,20)(H,18,19). The van der Waals surface area contributed by atoms with Gasteiger partial charge in [0, 0.05) is 25.3 Å². The largest absolute Gasteiger partial charge is 0.481 e. The van der Waals surface area contributed by atoms with Gasteiger partial charge in [0.05, 0.1) is 18.7 Å². The van der Waals surface area contributed by atoms with Crippen LogP contribution < -0.4 is 5.32 Å². The lowest BCUT2D eigenvalue weighted by Crippen LogP contribution is -2.50. The monoisotopic (exact) mass is 281 g/mol. The molecule has 8 nitrogen and oxygen atoms in total. The minimum Gasteiger partial charge on any atom is -0.481 e. The van der Waals surface area contributed by atoms with Gasteiger partial charge >= 0.3 is 12.0 Å². The lowest BCUT2D eigenvalue weighted by atomic mass is 9.92. The molecule has 0 aliphatic carbocycles. The molecule has 1 aliphatic rings. The summed E-state index contributed by atoms with van der Waals surface area (Å²) in [5.74, 6) is -1.12. The third-order valence-corrected chi connectivity index (χ3v) is 3.58. The number of nitrogens with one attached hydrogen (secondary N) is 1. The van der Waals surface area contributed by atoms with Crippen LogP contribution in [0.2, 0.25) is 0 Å². The van der Waals surface area contributed by atoms with Gasteiger partial charge in [0.25, 0.3) is 0 Å². The summed E-state index contributed by atoms with van der Waals surface area (Å²) in [4.78, 5) is 24.7. The van der Waals surface area contributed by atoms with Crippen molar-refractivity contribution in [1.82, 2.24) is 25.2 Å². The number of carbonyl (C=O) groups is 2. The smallest absolute Gasteiger partial charge is 0.317 e. The number of urea groups is 1. The zero-order valence-electron chi connectivity index (χ0n) is 11.4. The molecule has 2 unspecified atom stereocenters. The van der Waals surface area contributed by atoms with Crippen molar-refractivity contribution in [2.24, 2.45) is 5.92 Å². The fourth-order valence-corrected chi connectivity index (χ4v) is 2.43. The zero-order valence-corrected chi connectivity index (χ0v) is 11.4. The Kier molecular flexibility index (Phi) is 4.54. The summed E-state index contributed by atoms with van der Waals surface area (Å²) in [5, 5.41) is 19.3. The molecule has 2 rings (SSSR count). The van der Waals surface area contributed by atoms with Gasteiger partial charge < -0.3 is 15.3 Å². The average Bonchev–Trinajstić information content (AvgIpc) is 2.91. The molecule has 1 saturated heterocycles. The van der Waals surface area contributed by atoms with Crippen LogP contribution in [0, 0.1) is 5.92 Å². The molecule has 2 atom stereocenters. The number of aliphatic carboxylic acids is 1. The molecular weight excluding hydrogens is 262 g/mol. The SMILES string of the molecule is CC1CC(C(=O)O)CCN1C(=O)NCCn1ccnn1. The highest BCUT2D eigenvalue weighted by atomic mass is 16.4. The van der Waals surface area contributed by atoms with Gasteiger partial charge in [-0.15, -0.1) is 5.10 Å². The number of hydrogen-bond acceptors (Lipinski definition) is 4. The van der Waals surface area contributed by atoms with E-state index in [2.05, 4.69) is 15.6 Å². The highest BCUT2D eigenvalue weighted by Crippen LogP contribution is 2.22. The summed E-state index contributed by atoms with van der Waals surface area (Å²) in [5.41, 5.74) is 0. The lowest BCUT2D eigenvalue weighted by Gasteiger charge is -2.36. The van der Waals surface area contributed by atoms with Gasteiger partial charge in [-0.25, -0.2) is 4.79 Å².